The third-order valence-electron chi connectivity index (χ3n) is 4.95. The zero-order valence-electron chi connectivity index (χ0n) is 15.9. The minimum absolute atomic E-state index is 0.117. The van der Waals surface area contributed by atoms with E-state index in [2.05, 4.69) is 27.8 Å². The van der Waals surface area contributed by atoms with Gasteiger partial charge < -0.3 is 10.3 Å². The standard InChI is InChI=1S/C21H23N5OS/c1-3-25(4-2)20(27)18-17(15-11-7-5-8-12-15)24-26-19(22-23-21(26)28-18)16-13-9-6-10-14-16/h5-14,17-18,24H,3-4H2,1-2H3/t17-,18-/m1/s1. The number of carbonyl (C=O) groups is 1. The Hall–Kier alpha value is -2.80. The molecule has 0 fully saturated rings. The lowest BCUT2D eigenvalue weighted by molar-refractivity contribution is -0.130. The van der Waals surface area contributed by atoms with E-state index in [1.807, 2.05) is 72.0 Å². The maximum absolute atomic E-state index is 13.2. The Morgan fingerprint density at radius 1 is 1.04 bits per heavy atom. The number of carbonyl (C=O) groups excluding carboxylic acids is 1. The molecule has 0 unspecified atom stereocenters. The van der Waals surface area contributed by atoms with Crippen LogP contribution in [-0.4, -0.2) is 44.0 Å². The van der Waals surface area contributed by atoms with E-state index < -0.39 is 0 Å². The van der Waals surface area contributed by atoms with Crippen LogP contribution in [0.15, 0.2) is 65.8 Å². The zero-order chi connectivity index (χ0) is 19.5. The number of hydrogen-bond acceptors (Lipinski definition) is 5. The Morgan fingerprint density at radius 2 is 1.68 bits per heavy atom. The fourth-order valence-electron chi connectivity index (χ4n) is 3.44. The van der Waals surface area contributed by atoms with Crippen molar-refractivity contribution in [2.45, 2.75) is 30.3 Å². The quantitative estimate of drug-likeness (QED) is 0.718. The van der Waals surface area contributed by atoms with Crippen LogP contribution < -0.4 is 5.43 Å². The highest BCUT2D eigenvalue weighted by Crippen LogP contribution is 2.39. The largest absolute Gasteiger partial charge is 0.342 e. The lowest BCUT2D eigenvalue weighted by atomic mass is 10.0. The molecule has 0 saturated heterocycles. The van der Waals surface area contributed by atoms with Gasteiger partial charge >= 0.3 is 0 Å². The highest BCUT2D eigenvalue weighted by atomic mass is 32.2. The number of fused-ring (bicyclic) bond motifs is 1. The molecule has 4 rings (SSSR count). The molecule has 3 aromatic rings. The van der Waals surface area contributed by atoms with Crippen LogP contribution in [0.1, 0.15) is 25.5 Å². The minimum Gasteiger partial charge on any atom is -0.342 e. The summed E-state index contributed by atoms with van der Waals surface area (Å²) in [5.41, 5.74) is 5.57. The fourth-order valence-corrected chi connectivity index (χ4v) is 4.61. The molecular weight excluding hydrogens is 370 g/mol. The van der Waals surface area contributed by atoms with E-state index in [-0.39, 0.29) is 17.2 Å². The lowest BCUT2D eigenvalue weighted by Gasteiger charge is -2.35. The SMILES string of the molecule is CCN(CC)C(=O)[C@@H]1Sc2nnc(-c3ccccc3)n2N[C@@H]1c1ccccc1. The van der Waals surface area contributed by atoms with Gasteiger partial charge in [0.15, 0.2) is 5.82 Å². The van der Waals surface area contributed by atoms with E-state index in [0.29, 0.717) is 18.2 Å². The molecule has 1 aliphatic rings. The molecule has 0 bridgehead atoms. The molecule has 1 N–H and O–H groups in total. The number of hydrogen-bond donors (Lipinski definition) is 1. The third-order valence-corrected chi connectivity index (χ3v) is 6.15. The number of nitrogens with zero attached hydrogens (tertiary/aromatic N) is 4. The summed E-state index contributed by atoms with van der Waals surface area (Å²) in [5.74, 6) is 0.865. The minimum atomic E-state index is -0.303. The Bertz CT molecular complexity index is 940. The molecule has 1 amide bonds. The Labute approximate surface area is 168 Å². The maximum Gasteiger partial charge on any atom is 0.238 e. The molecule has 2 atom stereocenters. The second-order valence-corrected chi connectivity index (χ2v) is 7.68. The van der Waals surface area contributed by atoms with E-state index in [9.17, 15) is 4.79 Å². The smallest absolute Gasteiger partial charge is 0.238 e. The molecule has 0 radical (unpaired) electrons. The summed E-state index contributed by atoms with van der Waals surface area (Å²) < 4.78 is 1.91. The van der Waals surface area contributed by atoms with Gasteiger partial charge in [0.05, 0.1) is 6.04 Å². The molecule has 1 aliphatic heterocycles. The maximum atomic E-state index is 13.2. The van der Waals surface area contributed by atoms with Crippen molar-refractivity contribution in [3.63, 3.8) is 0 Å². The van der Waals surface area contributed by atoms with Gasteiger partial charge in [-0.25, -0.2) is 4.68 Å². The van der Waals surface area contributed by atoms with Crippen molar-refractivity contribution in [3.8, 4) is 11.4 Å². The van der Waals surface area contributed by atoms with Gasteiger partial charge in [-0.15, -0.1) is 10.2 Å². The molecular formula is C21H23N5OS. The summed E-state index contributed by atoms with van der Waals surface area (Å²) in [4.78, 5) is 15.1. The van der Waals surface area contributed by atoms with E-state index in [1.54, 1.807) is 0 Å². The average Bonchev–Trinajstić information content (AvgIpc) is 3.18. The highest BCUT2D eigenvalue weighted by molar-refractivity contribution is 8.00. The summed E-state index contributed by atoms with van der Waals surface area (Å²) in [6.07, 6.45) is 0. The van der Waals surface area contributed by atoms with Crippen LogP contribution in [0.2, 0.25) is 0 Å². The number of rotatable bonds is 5. The zero-order valence-corrected chi connectivity index (χ0v) is 16.8. The Kier molecular flexibility index (Phi) is 5.34. The first-order valence-corrected chi connectivity index (χ1v) is 10.4. The average molecular weight is 394 g/mol. The summed E-state index contributed by atoms with van der Waals surface area (Å²) in [7, 11) is 0. The van der Waals surface area contributed by atoms with E-state index >= 15 is 0 Å². The van der Waals surface area contributed by atoms with Gasteiger partial charge in [-0.1, -0.05) is 72.4 Å². The van der Waals surface area contributed by atoms with Crippen LogP contribution in [0.4, 0.5) is 0 Å². The Balaban J connectivity index is 1.75. The summed E-state index contributed by atoms with van der Waals surface area (Å²) in [6.45, 7) is 5.40. The summed E-state index contributed by atoms with van der Waals surface area (Å²) >= 11 is 1.48. The predicted octanol–water partition coefficient (Wildman–Crippen LogP) is 3.57. The number of nitrogens with one attached hydrogen (secondary N) is 1. The van der Waals surface area contributed by atoms with Crippen molar-refractivity contribution < 1.29 is 4.79 Å². The highest BCUT2D eigenvalue weighted by Gasteiger charge is 2.39. The summed E-state index contributed by atoms with van der Waals surface area (Å²) in [5, 5.41) is 9.13. The van der Waals surface area contributed by atoms with E-state index in [4.69, 9.17) is 0 Å². The van der Waals surface area contributed by atoms with Crippen molar-refractivity contribution in [1.82, 2.24) is 19.8 Å². The van der Waals surface area contributed by atoms with Crippen LogP contribution in [0.3, 0.4) is 0 Å². The third kappa shape index (κ3) is 3.38. The molecule has 1 aromatic heterocycles. The van der Waals surface area contributed by atoms with Crippen molar-refractivity contribution >= 4 is 17.7 Å². The van der Waals surface area contributed by atoms with Crippen LogP contribution in [-0.2, 0) is 4.79 Å². The van der Waals surface area contributed by atoms with Gasteiger partial charge in [-0.05, 0) is 19.4 Å². The molecule has 7 heteroatoms. The monoisotopic (exact) mass is 393 g/mol. The van der Waals surface area contributed by atoms with Crippen molar-refractivity contribution in [1.29, 1.82) is 0 Å². The van der Waals surface area contributed by atoms with Crippen LogP contribution in [0.25, 0.3) is 11.4 Å². The predicted molar refractivity (Wildman–Crippen MR) is 112 cm³/mol. The fraction of sp³-hybridized carbons (Fsp3) is 0.286. The van der Waals surface area contributed by atoms with Crippen LogP contribution in [0.5, 0.6) is 0 Å². The molecule has 28 heavy (non-hydrogen) atoms. The van der Waals surface area contributed by atoms with E-state index in [1.165, 1.54) is 11.8 Å². The Morgan fingerprint density at radius 3 is 2.32 bits per heavy atom. The first kappa shape index (κ1) is 18.6. The number of thioether (sulfide) groups is 1. The topological polar surface area (TPSA) is 63.1 Å². The van der Waals surface area contributed by atoms with Crippen LogP contribution in [0, 0.1) is 0 Å². The van der Waals surface area contributed by atoms with E-state index in [0.717, 1.165) is 17.0 Å². The molecule has 2 aromatic carbocycles. The molecule has 0 saturated carbocycles. The van der Waals surface area contributed by atoms with Crippen LogP contribution >= 0.6 is 11.8 Å². The lowest BCUT2D eigenvalue weighted by Crippen LogP contribution is -2.45. The molecule has 2 heterocycles. The number of aromatic nitrogens is 3. The van der Waals surface area contributed by atoms with Gasteiger partial charge in [0.1, 0.15) is 5.25 Å². The van der Waals surface area contributed by atoms with Crippen molar-refractivity contribution in [2.75, 3.05) is 18.5 Å². The van der Waals surface area contributed by atoms with Crippen molar-refractivity contribution in [2.24, 2.45) is 0 Å². The van der Waals surface area contributed by atoms with Gasteiger partial charge in [-0.2, -0.15) is 0 Å². The van der Waals surface area contributed by atoms with Crippen molar-refractivity contribution in [3.05, 3.63) is 66.2 Å². The molecule has 6 nitrogen and oxygen atoms in total. The van der Waals surface area contributed by atoms with Gasteiger partial charge in [0, 0.05) is 18.7 Å². The molecule has 144 valence electrons. The second-order valence-electron chi connectivity index (χ2n) is 6.57. The van der Waals surface area contributed by atoms with Gasteiger partial charge in [0.25, 0.3) is 0 Å². The van der Waals surface area contributed by atoms with Gasteiger partial charge in [0.2, 0.25) is 11.1 Å². The number of benzene rings is 2. The first-order chi connectivity index (χ1) is 13.7. The molecule has 0 aliphatic carbocycles. The van der Waals surface area contributed by atoms with Gasteiger partial charge in [-0.3, -0.25) is 4.79 Å². The number of amides is 1. The summed E-state index contributed by atoms with van der Waals surface area (Å²) in [6, 6.07) is 19.9. The first-order valence-electron chi connectivity index (χ1n) is 9.50. The molecule has 0 spiro atoms. The second kappa shape index (κ2) is 8.06. The normalized spacial score (nSPS) is 18.2.